The summed E-state index contributed by atoms with van der Waals surface area (Å²) in [5.74, 6) is 0.844. The number of thioether (sulfide) groups is 1. The van der Waals surface area contributed by atoms with Crippen LogP contribution in [-0.4, -0.2) is 34.4 Å². The summed E-state index contributed by atoms with van der Waals surface area (Å²) in [4.78, 5) is 32.9. The zero-order valence-electron chi connectivity index (χ0n) is 17.7. The Kier molecular flexibility index (Phi) is 5.48. The van der Waals surface area contributed by atoms with Gasteiger partial charge in [0.05, 0.1) is 29.2 Å². The van der Waals surface area contributed by atoms with Crippen LogP contribution in [0, 0.1) is 13.8 Å². The van der Waals surface area contributed by atoms with Gasteiger partial charge in [-0.05, 0) is 60.7 Å². The molecule has 0 bridgehead atoms. The van der Waals surface area contributed by atoms with Crippen LogP contribution in [-0.2, 0) is 4.79 Å². The Bertz CT molecular complexity index is 1390. The number of ether oxygens (including phenoxy) is 1. The molecule has 8 heteroatoms. The molecule has 3 heterocycles. The largest absolute Gasteiger partial charge is 0.490 e. The maximum atomic E-state index is 13.3. The Balaban J connectivity index is 1.49. The first-order valence-corrected chi connectivity index (χ1v) is 12.1. The van der Waals surface area contributed by atoms with Crippen LogP contribution < -0.4 is 15.2 Å². The number of aromatic nitrogens is 2. The zero-order chi connectivity index (χ0) is 22.2. The number of hydrogen-bond donors (Lipinski definition) is 0. The molecule has 0 saturated carbocycles. The Morgan fingerprint density at radius 1 is 1.16 bits per heavy atom. The predicted octanol–water partition coefficient (Wildman–Crippen LogP) is 4.58. The molecule has 6 nitrogen and oxygen atoms in total. The molecule has 0 radical (unpaired) electrons. The summed E-state index contributed by atoms with van der Waals surface area (Å²) in [6.45, 7) is 4.93. The summed E-state index contributed by atoms with van der Waals surface area (Å²) < 4.78 is 7.93. The van der Waals surface area contributed by atoms with E-state index in [2.05, 4.69) is 0 Å². The molecule has 32 heavy (non-hydrogen) atoms. The molecule has 2 aromatic heterocycles. The van der Waals surface area contributed by atoms with Gasteiger partial charge in [-0.2, -0.15) is 0 Å². The third-order valence-electron chi connectivity index (χ3n) is 5.31. The molecule has 5 rings (SSSR count). The molecule has 0 atom stereocenters. The average Bonchev–Trinajstić information content (AvgIpc) is 3.26. The van der Waals surface area contributed by atoms with Gasteiger partial charge in [0.25, 0.3) is 5.56 Å². The number of fused-ring (bicyclic) bond motifs is 2. The fourth-order valence-electron chi connectivity index (χ4n) is 3.77. The van der Waals surface area contributed by atoms with Gasteiger partial charge in [-0.3, -0.25) is 14.2 Å². The van der Waals surface area contributed by atoms with Gasteiger partial charge in [-0.25, -0.2) is 4.98 Å². The number of amides is 1. The summed E-state index contributed by atoms with van der Waals surface area (Å²) in [6, 6.07) is 15.4. The van der Waals surface area contributed by atoms with Crippen LogP contribution in [0.4, 0.5) is 5.69 Å². The van der Waals surface area contributed by atoms with E-state index in [9.17, 15) is 9.59 Å². The number of carbonyl (C=O) groups is 1. The molecule has 0 saturated heterocycles. The Labute approximate surface area is 193 Å². The minimum atomic E-state index is -0.113. The zero-order valence-corrected chi connectivity index (χ0v) is 19.3. The van der Waals surface area contributed by atoms with Gasteiger partial charge in [-0.15, -0.1) is 11.3 Å². The highest BCUT2D eigenvalue weighted by Crippen LogP contribution is 2.33. The van der Waals surface area contributed by atoms with Crippen molar-refractivity contribution in [2.75, 3.05) is 23.8 Å². The van der Waals surface area contributed by atoms with Gasteiger partial charge >= 0.3 is 0 Å². The standard InChI is InChI=1S/C24H21N3O3S2/c1-15-4-3-5-17(12-15)27-23(29)22-18(8-11-31-22)25-24(27)32-14-21(28)26-9-10-30-20-7-6-16(2)13-19(20)26/h3-8,11-13H,9-10,14H2,1-2H3. The summed E-state index contributed by atoms with van der Waals surface area (Å²) in [6.07, 6.45) is 0. The fourth-order valence-corrected chi connectivity index (χ4v) is 5.42. The van der Waals surface area contributed by atoms with Crippen LogP contribution in [0.1, 0.15) is 11.1 Å². The number of benzene rings is 2. The number of aryl methyl sites for hydroxylation is 2. The van der Waals surface area contributed by atoms with E-state index in [1.165, 1.54) is 23.1 Å². The van der Waals surface area contributed by atoms with Crippen LogP contribution in [0.25, 0.3) is 15.9 Å². The summed E-state index contributed by atoms with van der Waals surface area (Å²) in [5.41, 5.74) is 4.20. The predicted molar refractivity (Wildman–Crippen MR) is 130 cm³/mol. The smallest absolute Gasteiger partial charge is 0.276 e. The lowest BCUT2D eigenvalue weighted by Gasteiger charge is -2.29. The molecule has 1 amide bonds. The summed E-state index contributed by atoms with van der Waals surface area (Å²) >= 11 is 2.67. The van der Waals surface area contributed by atoms with E-state index < -0.39 is 0 Å². The first-order valence-electron chi connectivity index (χ1n) is 10.3. The highest BCUT2D eigenvalue weighted by molar-refractivity contribution is 7.99. The van der Waals surface area contributed by atoms with Gasteiger partial charge in [-0.1, -0.05) is 30.0 Å². The second-order valence-corrected chi connectivity index (χ2v) is 9.52. The third-order valence-corrected chi connectivity index (χ3v) is 7.13. The van der Waals surface area contributed by atoms with Crippen molar-refractivity contribution in [2.45, 2.75) is 19.0 Å². The molecule has 4 aromatic rings. The number of carbonyl (C=O) groups excluding carboxylic acids is 1. The highest BCUT2D eigenvalue weighted by atomic mass is 32.2. The number of thiophene rings is 1. The molecule has 1 aliphatic heterocycles. The van der Waals surface area contributed by atoms with Crippen LogP contribution in [0.3, 0.4) is 0 Å². The lowest BCUT2D eigenvalue weighted by atomic mass is 10.1. The second kappa shape index (κ2) is 8.44. The van der Waals surface area contributed by atoms with Crippen molar-refractivity contribution >= 4 is 44.9 Å². The monoisotopic (exact) mass is 463 g/mol. The van der Waals surface area contributed by atoms with Crippen molar-refractivity contribution in [1.29, 1.82) is 0 Å². The van der Waals surface area contributed by atoms with Crippen LogP contribution in [0.2, 0.25) is 0 Å². The molecule has 0 spiro atoms. The minimum absolute atomic E-state index is 0.0411. The highest BCUT2D eigenvalue weighted by Gasteiger charge is 2.25. The van der Waals surface area contributed by atoms with Gasteiger partial charge in [0, 0.05) is 0 Å². The Morgan fingerprint density at radius 3 is 2.84 bits per heavy atom. The lowest BCUT2D eigenvalue weighted by Crippen LogP contribution is -2.39. The summed E-state index contributed by atoms with van der Waals surface area (Å²) in [7, 11) is 0. The van der Waals surface area contributed by atoms with E-state index >= 15 is 0 Å². The average molecular weight is 464 g/mol. The van der Waals surface area contributed by atoms with Crippen molar-refractivity contribution in [3.8, 4) is 11.4 Å². The van der Waals surface area contributed by atoms with Gasteiger partial charge in [0.15, 0.2) is 5.16 Å². The summed E-state index contributed by atoms with van der Waals surface area (Å²) in [5, 5.41) is 2.38. The first-order chi connectivity index (χ1) is 15.5. The van der Waals surface area contributed by atoms with Crippen molar-refractivity contribution in [3.63, 3.8) is 0 Å². The van der Waals surface area contributed by atoms with E-state index in [0.29, 0.717) is 28.5 Å². The molecule has 0 fully saturated rings. The lowest BCUT2D eigenvalue weighted by molar-refractivity contribution is -0.116. The fraction of sp³-hybridized carbons (Fsp3) is 0.208. The number of hydrogen-bond acceptors (Lipinski definition) is 6. The van der Waals surface area contributed by atoms with Crippen LogP contribution in [0.15, 0.2) is 63.9 Å². The molecular formula is C24H21N3O3S2. The maximum absolute atomic E-state index is 13.3. The SMILES string of the molecule is Cc1cccc(-n2c(SCC(=O)N3CCOc4ccc(C)cc43)nc3ccsc3c2=O)c1. The van der Waals surface area contributed by atoms with Crippen molar-refractivity contribution in [1.82, 2.24) is 9.55 Å². The van der Waals surface area contributed by atoms with Crippen molar-refractivity contribution < 1.29 is 9.53 Å². The van der Waals surface area contributed by atoms with Gasteiger partial charge in [0.1, 0.15) is 17.1 Å². The second-order valence-electron chi connectivity index (χ2n) is 7.66. The van der Waals surface area contributed by atoms with E-state index in [0.717, 1.165) is 28.3 Å². The molecule has 0 aliphatic carbocycles. The number of nitrogens with zero attached hydrogens (tertiary/aromatic N) is 3. The minimum Gasteiger partial charge on any atom is -0.490 e. The number of anilines is 1. The molecule has 0 unspecified atom stereocenters. The van der Waals surface area contributed by atoms with Crippen molar-refractivity contribution in [3.05, 3.63) is 75.4 Å². The molecule has 1 aliphatic rings. The molecular weight excluding hydrogens is 442 g/mol. The van der Waals surface area contributed by atoms with Gasteiger partial charge in [0.2, 0.25) is 5.91 Å². The topological polar surface area (TPSA) is 64.4 Å². The van der Waals surface area contributed by atoms with E-state index in [1.54, 1.807) is 9.47 Å². The molecule has 2 aromatic carbocycles. The molecule has 162 valence electrons. The van der Waals surface area contributed by atoms with E-state index in [1.807, 2.05) is 67.8 Å². The Morgan fingerprint density at radius 2 is 2.00 bits per heavy atom. The first kappa shape index (κ1) is 20.8. The normalized spacial score (nSPS) is 13.1. The Hall–Kier alpha value is -3.10. The van der Waals surface area contributed by atoms with Crippen LogP contribution >= 0.6 is 23.1 Å². The number of rotatable bonds is 4. The maximum Gasteiger partial charge on any atom is 0.276 e. The molecule has 0 N–H and O–H groups in total. The van der Waals surface area contributed by atoms with Gasteiger partial charge < -0.3 is 9.64 Å². The third kappa shape index (κ3) is 3.80. The van der Waals surface area contributed by atoms with Crippen LogP contribution in [0.5, 0.6) is 5.75 Å². The quantitative estimate of drug-likeness (QED) is 0.327. The van der Waals surface area contributed by atoms with E-state index in [4.69, 9.17) is 9.72 Å². The van der Waals surface area contributed by atoms with Crippen molar-refractivity contribution in [2.24, 2.45) is 0 Å². The van der Waals surface area contributed by atoms with E-state index in [-0.39, 0.29) is 17.2 Å².